The fourth-order valence-corrected chi connectivity index (χ4v) is 5.10. The molecule has 0 aliphatic heterocycles. The Labute approximate surface area is 105 Å². The summed E-state index contributed by atoms with van der Waals surface area (Å²) >= 11 is 0. The molecule has 0 unspecified atom stereocenters. The predicted molar refractivity (Wildman–Crippen MR) is 66.4 cm³/mol. The molecule has 4 nitrogen and oxygen atoms in total. The highest BCUT2D eigenvalue weighted by atomic mass is 16.3. The molecule has 0 radical (unpaired) electrons. The Kier molecular flexibility index (Phi) is 1.98. The molecule has 0 saturated heterocycles. The first kappa shape index (κ1) is 10.6. The zero-order chi connectivity index (χ0) is 12.3. The van der Waals surface area contributed by atoms with Crippen LogP contribution in [0, 0.1) is 17.8 Å². The number of hydrogen-bond acceptors (Lipinski definition) is 3. The fraction of sp³-hybridized carbons (Fsp3) is 0.714. The molecule has 4 bridgehead atoms. The van der Waals surface area contributed by atoms with E-state index in [0.717, 1.165) is 48.9 Å². The first-order valence-corrected chi connectivity index (χ1v) is 6.94. The molecule has 1 aromatic rings. The Morgan fingerprint density at radius 1 is 1.17 bits per heavy atom. The zero-order valence-corrected chi connectivity index (χ0v) is 10.4. The Bertz CT molecular complexity index is 514. The van der Waals surface area contributed by atoms with E-state index in [1.54, 1.807) is 0 Å². The van der Waals surface area contributed by atoms with Gasteiger partial charge in [-0.3, -0.25) is 4.79 Å². The molecule has 0 aromatic carbocycles. The molecule has 4 fully saturated rings. The lowest BCUT2D eigenvalue weighted by molar-refractivity contribution is -0.00975. The molecule has 4 heteroatoms. The molecule has 0 spiro atoms. The fourth-order valence-electron chi connectivity index (χ4n) is 5.10. The summed E-state index contributed by atoms with van der Waals surface area (Å²) in [6, 6.07) is 1.16. The first-order chi connectivity index (χ1) is 8.63. The molecule has 1 heterocycles. The monoisotopic (exact) mass is 246 g/mol. The van der Waals surface area contributed by atoms with Crippen molar-refractivity contribution < 1.29 is 5.11 Å². The van der Waals surface area contributed by atoms with Gasteiger partial charge in [0, 0.05) is 5.41 Å². The van der Waals surface area contributed by atoms with Gasteiger partial charge in [0.1, 0.15) is 5.82 Å². The summed E-state index contributed by atoms with van der Waals surface area (Å²) in [6.45, 7) is 0. The summed E-state index contributed by atoms with van der Waals surface area (Å²) in [6.07, 6.45) is 7.52. The predicted octanol–water partition coefficient (Wildman–Crippen LogP) is 1.94. The Morgan fingerprint density at radius 2 is 1.72 bits per heavy atom. The molecular weight excluding hydrogens is 228 g/mol. The van der Waals surface area contributed by atoms with Crippen LogP contribution in [0.1, 0.15) is 44.3 Å². The highest BCUT2D eigenvalue weighted by Gasteiger charge is 2.52. The third-order valence-electron chi connectivity index (χ3n) is 5.27. The van der Waals surface area contributed by atoms with Crippen LogP contribution in [-0.4, -0.2) is 15.1 Å². The van der Waals surface area contributed by atoms with Crippen molar-refractivity contribution in [2.24, 2.45) is 17.8 Å². The highest BCUT2D eigenvalue weighted by molar-refractivity contribution is 5.20. The molecule has 18 heavy (non-hydrogen) atoms. The maximum absolute atomic E-state index is 11.5. The summed E-state index contributed by atoms with van der Waals surface area (Å²) in [4.78, 5) is 18.7. The van der Waals surface area contributed by atoms with E-state index in [1.807, 2.05) is 0 Å². The van der Waals surface area contributed by atoms with E-state index < -0.39 is 0 Å². The van der Waals surface area contributed by atoms with Gasteiger partial charge in [0.2, 0.25) is 5.88 Å². The second kappa shape index (κ2) is 3.37. The largest absolute Gasteiger partial charge is 0.493 e. The minimum absolute atomic E-state index is 0.0483. The van der Waals surface area contributed by atoms with Crippen molar-refractivity contribution in [3.05, 3.63) is 22.2 Å². The van der Waals surface area contributed by atoms with E-state index in [2.05, 4.69) is 9.97 Å². The number of rotatable bonds is 1. The van der Waals surface area contributed by atoms with Crippen molar-refractivity contribution >= 4 is 0 Å². The van der Waals surface area contributed by atoms with Gasteiger partial charge in [-0.25, -0.2) is 0 Å². The summed E-state index contributed by atoms with van der Waals surface area (Å²) in [5.41, 5.74) is -0.180. The number of hydrogen-bond donors (Lipinski definition) is 2. The van der Waals surface area contributed by atoms with Crippen molar-refractivity contribution in [1.82, 2.24) is 9.97 Å². The van der Waals surface area contributed by atoms with E-state index in [-0.39, 0.29) is 16.9 Å². The number of H-pyrrole nitrogens is 1. The van der Waals surface area contributed by atoms with Gasteiger partial charge in [0.15, 0.2) is 0 Å². The zero-order valence-electron chi connectivity index (χ0n) is 10.4. The normalized spacial score (nSPS) is 41.2. The molecule has 0 atom stereocenters. The van der Waals surface area contributed by atoms with Crippen LogP contribution in [0.15, 0.2) is 10.9 Å². The van der Waals surface area contributed by atoms with Crippen LogP contribution in [0.3, 0.4) is 0 Å². The first-order valence-electron chi connectivity index (χ1n) is 6.94. The van der Waals surface area contributed by atoms with Crippen molar-refractivity contribution in [3.8, 4) is 5.88 Å². The molecule has 0 amide bonds. The number of aromatic amines is 1. The lowest BCUT2D eigenvalue weighted by atomic mass is 9.49. The molecule has 1 aromatic heterocycles. The lowest BCUT2D eigenvalue weighted by Gasteiger charge is -2.56. The van der Waals surface area contributed by atoms with Crippen LogP contribution in [0.25, 0.3) is 0 Å². The maximum Gasteiger partial charge on any atom is 0.254 e. The SMILES string of the molecule is O=c1cc(O)nc(C23CC4CC(CC(C4)C2)C3)[nH]1. The number of nitrogens with zero attached hydrogens (tertiary/aromatic N) is 1. The second-order valence-corrected chi connectivity index (χ2v) is 6.65. The minimum atomic E-state index is -0.228. The minimum Gasteiger partial charge on any atom is -0.493 e. The number of aromatic nitrogens is 2. The van der Waals surface area contributed by atoms with Crippen LogP contribution in [0.2, 0.25) is 0 Å². The standard InChI is InChI=1S/C14H18N2O2/c17-11-4-12(18)16-13(15-11)14-5-8-1-9(6-14)3-10(2-8)7-14/h4,8-10H,1-3,5-7H2,(H2,15,16,17,18). The van der Waals surface area contributed by atoms with Crippen molar-refractivity contribution in [2.45, 2.75) is 43.9 Å². The van der Waals surface area contributed by atoms with Crippen LogP contribution in [0.4, 0.5) is 0 Å². The Morgan fingerprint density at radius 3 is 2.22 bits per heavy atom. The van der Waals surface area contributed by atoms with Crippen molar-refractivity contribution in [1.29, 1.82) is 0 Å². The van der Waals surface area contributed by atoms with Gasteiger partial charge in [-0.1, -0.05) is 0 Å². The quantitative estimate of drug-likeness (QED) is 0.796. The molecule has 4 saturated carbocycles. The third kappa shape index (κ3) is 1.44. The van der Waals surface area contributed by atoms with Gasteiger partial charge in [-0.15, -0.1) is 0 Å². The topological polar surface area (TPSA) is 66.0 Å². The summed E-state index contributed by atoms with van der Waals surface area (Å²) < 4.78 is 0. The lowest BCUT2D eigenvalue weighted by Crippen LogP contribution is -2.49. The second-order valence-electron chi connectivity index (χ2n) is 6.65. The average Bonchev–Trinajstić information content (AvgIpc) is 2.25. The molecule has 4 aliphatic carbocycles. The molecular formula is C14H18N2O2. The van der Waals surface area contributed by atoms with Crippen LogP contribution >= 0.6 is 0 Å². The van der Waals surface area contributed by atoms with Crippen LogP contribution in [0.5, 0.6) is 5.88 Å². The van der Waals surface area contributed by atoms with E-state index in [0.29, 0.717) is 0 Å². The van der Waals surface area contributed by atoms with E-state index in [1.165, 1.54) is 19.3 Å². The Balaban J connectivity index is 1.81. The molecule has 4 aliphatic rings. The van der Waals surface area contributed by atoms with Gasteiger partial charge >= 0.3 is 0 Å². The van der Waals surface area contributed by atoms with Gasteiger partial charge < -0.3 is 10.1 Å². The molecule has 2 N–H and O–H groups in total. The highest BCUT2D eigenvalue weighted by Crippen LogP contribution is 2.60. The molecule has 5 rings (SSSR count). The van der Waals surface area contributed by atoms with Crippen LogP contribution < -0.4 is 5.56 Å². The third-order valence-corrected chi connectivity index (χ3v) is 5.27. The van der Waals surface area contributed by atoms with Gasteiger partial charge in [-0.05, 0) is 56.3 Å². The van der Waals surface area contributed by atoms with Crippen molar-refractivity contribution in [3.63, 3.8) is 0 Å². The van der Waals surface area contributed by atoms with Gasteiger partial charge in [0.05, 0.1) is 6.07 Å². The van der Waals surface area contributed by atoms with Gasteiger partial charge in [-0.2, -0.15) is 4.98 Å². The average molecular weight is 246 g/mol. The Hall–Kier alpha value is -1.32. The number of aromatic hydroxyl groups is 1. The van der Waals surface area contributed by atoms with E-state index >= 15 is 0 Å². The molecule has 96 valence electrons. The van der Waals surface area contributed by atoms with Crippen LogP contribution in [-0.2, 0) is 5.41 Å². The van der Waals surface area contributed by atoms with E-state index in [4.69, 9.17) is 0 Å². The van der Waals surface area contributed by atoms with E-state index in [9.17, 15) is 9.90 Å². The maximum atomic E-state index is 11.5. The van der Waals surface area contributed by atoms with Crippen molar-refractivity contribution in [2.75, 3.05) is 0 Å². The smallest absolute Gasteiger partial charge is 0.254 e. The summed E-state index contributed by atoms with van der Waals surface area (Å²) in [5.74, 6) is 3.03. The van der Waals surface area contributed by atoms with Gasteiger partial charge in [0.25, 0.3) is 5.56 Å². The summed E-state index contributed by atoms with van der Waals surface area (Å²) in [7, 11) is 0. The summed E-state index contributed by atoms with van der Waals surface area (Å²) in [5, 5.41) is 9.56. The number of nitrogens with one attached hydrogen (secondary N) is 1.